The molecule has 0 amide bonds. The number of likely N-dealkylation sites (N-methyl/N-ethyl adjacent to an activating group) is 1. The van der Waals surface area contributed by atoms with Gasteiger partial charge in [-0.15, -0.1) is 0 Å². The largest absolute Gasteiger partial charge is 0.304 e. The van der Waals surface area contributed by atoms with Crippen LogP contribution < -0.4 is 0 Å². The molecule has 1 heterocycles. The van der Waals surface area contributed by atoms with Crippen LogP contribution in [0.15, 0.2) is 0 Å². The second-order valence-electron chi connectivity index (χ2n) is 5.13. The van der Waals surface area contributed by atoms with E-state index in [0.717, 1.165) is 19.6 Å². The Balaban J connectivity index is 2.28. The minimum absolute atomic E-state index is 0.145. The Bertz CT molecular complexity index is 221. The van der Waals surface area contributed by atoms with Crippen LogP contribution in [0.4, 0.5) is 0 Å². The third-order valence-electron chi connectivity index (χ3n) is 2.36. The van der Waals surface area contributed by atoms with E-state index in [1.807, 2.05) is 0 Å². The van der Waals surface area contributed by atoms with Crippen LogP contribution in [0.3, 0.4) is 0 Å². The predicted molar refractivity (Wildman–Crippen MR) is 61.2 cm³/mol. The molecule has 0 atom stereocenters. The van der Waals surface area contributed by atoms with Crippen LogP contribution in [0.25, 0.3) is 0 Å². The zero-order valence-electron chi connectivity index (χ0n) is 9.93. The van der Waals surface area contributed by atoms with Crippen molar-refractivity contribution in [2.75, 3.05) is 39.8 Å². The van der Waals surface area contributed by atoms with Gasteiger partial charge in [-0.05, 0) is 27.8 Å². The summed E-state index contributed by atoms with van der Waals surface area (Å²) >= 11 is 0. The molecule has 0 aliphatic carbocycles. The second-order valence-corrected chi connectivity index (χ2v) is 5.13. The van der Waals surface area contributed by atoms with E-state index in [2.05, 4.69) is 49.5 Å². The van der Waals surface area contributed by atoms with Crippen LogP contribution in [0.5, 0.6) is 0 Å². The molecule has 14 heavy (non-hydrogen) atoms. The summed E-state index contributed by atoms with van der Waals surface area (Å²) in [6.07, 6.45) is 0. The highest BCUT2D eigenvalue weighted by atomic mass is 15.2. The fraction of sp³-hybridized carbons (Fsp3) is 0.833. The van der Waals surface area contributed by atoms with Crippen LogP contribution in [0.2, 0.25) is 0 Å². The van der Waals surface area contributed by atoms with Gasteiger partial charge in [-0.1, -0.05) is 11.8 Å². The molecule has 0 saturated carbocycles. The predicted octanol–water partition coefficient (Wildman–Crippen LogP) is 1.28. The van der Waals surface area contributed by atoms with Crippen molar-refractivity contribution in [2.24, 2.45) is 5.41 Å². The Kier molecular flexibility index (Phi) is 3.97. The van der Waals surface area contributed by atoms with E-state index in [0.29, 0.717) is 0 Å². The van der Waals surface area contributed by atoms with Gasteiger partial charge in [-0.25, -0.2) is 0 Å². The minimum Gasteiger partial charge on any atom is -0.304 e. The quantitative estimate of drug-likeness (QED) is 0.580. The third-order valence-corrected chi connectivity index (χ3v) is 2.36. The average molecular weight is 194 g/mol. The number of hydrogen-bond acceptors (Lipinski definition) is 2. The van der Waals surface area contributed by atoms with E-state index in [-0.39, 0.29) is 5.41 Å². The molecular formula is C12H22N2. The van der Waals surface area contributed by atoms with Gasteiger partial charge in [0.25, 0.3) is 0 Å². The van der Waals surface area contributed by atoms with E-state index < -0.39 is 0 Å². The molecule has 1 saturated heterocycles. The van der Waals surface area contributed by atoms with Crippen molar-refractivity contribution in [3.8, 4) is 11.8 Å². The van der Waals surface area contributed by atoms with Crippen molar-refractivity contribution in [1.82, 2.24) is 9.80 Å². The molecule has 1 aliphatic heterocycles. The highest BCUT2D eigenvalue weighted by molar-refractivity contribution is 5.08. The second kappa shape index (κ2) is 4.82. The molecule has 0 spiro atoms. The number of piperazine rings is 1. The van der Waals surface area contributed by atoms with Crippen LogP contribution in [-0.4, -0.2) is 49.6 Å². The first-order chi connectivity index (χ1) is 6.47. The van der Waals surface area contributed by atoms with Crippen molar-refractivity contribution in [2.45, 2.75) is 20.8 Å². The molecule has 0 aromatic heterocycles. The Morgan fingerprint density at radius 1 is 1.07 bits per heavy atom. The monoisotopic (exact) mass is 194 g/mol. The zero-order valence-corrected chi connectivity index (χ0v) is 9.93. The van der Waals surface area contributed by atoms with Crippen molar-refractivity contribution >= 4 is 0 Å². The molecule has 0 bridgehead atoms. The first kappa shape index (κ1) is 11.6. The van der Waals surface area contributed by atoms with Crippen LogP contribution in [-0.2, 0) is 0 Å². The van der Waals surface area contributed by atoms with Gasteiger partial charge in [-0.3, -0.25) is 4.90 Å². The lowest BCUT2D eigenvalue weighted by atomic mass is 9.98. The summed E-state index contributed by atoms with van der Waals surface area (Å²) in [6, 6.07) is 0. The van der Waals surface area contributed by atoms with E-state index >= 15 is 0 Å². The molecule has 0 N–H and O–H groups in total. The Morgan fingerprint density at radius 2 is 1.64 bits per heavy atom. The molecule has 80 valence electrons. The number of nitrogens with zero attached hydrogens (tertiary/aromatic N) is 2. The maximum absolute atomic E-state index is 3.28. The van der Waals surface area contributed by atoms with Gasteiger partial charge in [0, 0.05) is 31.6 Å². The average Bonchev–Trinajstić information content (AvgIpc) is 2.06. The first-order valence-corrected chi connectivity index (χ1v) is 5.38. The van der Waals surface area contributed by atoms with Crippen LogP contribution in [0.1, 0.15) is 20.8 Å². The van der Waals surface area contributed by atoms with E-state index in [1.54, 1.807) is 0 Å². The maximum Gasteiger partial charge on any atom is 0.0602 e. The van der Waals surface area contributed by atoms with Crippen LogP contribution in [0, 0.1) is 17.3 Å². The van der Waals surface area contributed by atoms with Crippen molar-refractivity contribution in [3.05, 3.63) is 0 Å². The van der Waals surface area contributed by atoms with Gasteiger partial charge in [0.2, 0.25) is 0 Å². The first-order valence-electron chi connectivity index (χ1n) is 5.38. The fourth-order valence-electron chi connectivity index (χ4n) is 1.42. The molecule has 2 heteroatoms. The van der Waals surface area contributed by atoms with Gasteiger partial charge < -0.3 is 4.90 Å². The lowest BCUT2D eigenvalue weighted by Gasteiger charge is -2.30. The Hall–Kier alpha value is -0.520. The summed E-state index contributed by atoms with van der Waals surface area (Å²) < 4.78 is 0. The summed E-state index contributed by atoms with van der Waals surface area (Å²) in [4.78, 5) is 4.80. The van der Waals surface area contributed by atoms with E-state index in [1.165, 1.54) is 13.1 Å². The highest BCUT2D eigenvalue weighted by Gasteiger charge is 2.12. The van der Waals surface area contributed by atoms with Crippen molar-refractivity contribution < 1.29 is 0 Å². The number of hydrogen-bond donors (Lipinski definition) is 0. The van der Waals surface area contributed by atoms with Crippen LogP contribution >= 0.6 is 0 Å². The normalized spacial score (nSPS) is 20.3. The molecular weight excluding hydrogens is 172 g/mol. The summed E-state index contributed by atoms with van der Waals surface area (Å²) in [5, 5.41) is 0. The summed E-state index contributed by atoms with van der Waals surface area (Å²) in [5.74, 6) is 6.54. The lowest BCUT2D eigenvalue weighted by Crippen LogP contribution is -2.44. The maximum atomic E-state index is 3.28. The van der Waals surface area contributed by atoms with Crippen molar-refractivity contribution in [3.63, 3.8) is 0 Å². The van der Waals surface area contributed by atoms with Gasteiger partial charge in [0.1, 0.15) is 0 Å². The lowest BCUT2D eigenvalue weighted by molar-refractivity contribution is 0.168. The fourth-order valence-corrected chi connectivity index (χ4v) is 1.42. The zero-order chi connectivity index (χ0) is 10.6. The topological polar surface area (TPSA) is 6.48 Å². The molecule has 1 aliphatic rings. The molecule has 1 rings (SSSR count). The summed E-state index contributed by atoms with van der Waals surface area (Å²) in [7, 11) is 2.18. The minimum atomic E-state index is 0.145. The Morgan fingerprint density at radius 3 is 2.14 bits per heavy atom. The SMILES string of the molecule is CN1CCN(CC#CC(C)(C)C)CC1. The smallest absolute Gasteiger partial charge is 0.0602 e. The van der Waals surface area contributed by atoms with E-state index in [9.17, 15) is 0 Å². The molecule has 0 unspecified atom stereocenters. The highest BCUT2D eigenvalue weighted by Crippen LogP contribution is 2.09. The summed E-state index contributed by atoms with van der Waals surface area (Å²) in [6.45, 7) is 12.1. The van der Waals surface area contributed by atoms with Crippen molar-refractivity contribution in [1.29, 1.82) is 0 Å². The van der Waals surface area contributed by atoms with Gasteiger partial charge >= 0.3 is 0 Å². The molecule has 0 aromatic carbocycles. The van der Waals surface area contributed by atoms with Gasteiger partial charge in [-0.2, -0.15) is 0 Å². The molecule has 0 radical (unpaired) electrons. The van der Waals surface area contributed by atoms with Gasteiger partial charge in [0.15, 0.2) is 0 Å². The summed E-state index contributed by atoms with van der Waals surface area (Å²) in [5.41, 5.74) is 0.145. The Labute approximate surface area is 88.3 Å². The third kappa shape index (κ3) is 4.64. The molecule has 0 aromatic rings. The van der Waals surface area contributed by atoms with E-state index in [4.69, 9.17) is 0 Å². The van der Waals surface area contributed by atoms with Gasteiger partial charge in [0.05, 0.1) is 6.54 Å². The molecule has 1 fully saturated rings. The standard InChI is InChI=1S/C12H22N2/c1-12(2,3)6-5-7-14-10-8-13(4)9-11-14/h7-11H2,1-4H3. The number of rotatable bonds is 1. The molecule has 2 nitrogen and oxygen atoms in total.